The number of benzene rings is 1. The van der Waals surface area contributed by atoms with E-state index >= 15 is 0 Å². The van der Waals surface area contributed by atoms with Crippen molar-refractivity contribution in [2.75, 3.05) is 0 Å². The van der Waals surface area contributed by atoms with Crippen LogP contribution in [0.2, 0.25) is 0 Å². The lowest BCUT2D eigenvalue weighted by Gasteiger charge is -2.08. The molecule has 0 aliphatic rings. The maximum Gasteiger partial charge on any atom is 0.0178 e. The van der Waals surface area contributed by atoms with Gasteiger partial charge in [0.1, 0.15) is 0 Å². The third kappa shape index (κ3) is 2.06. The Balaban J connectivity index is 3.13. The molecule has 1 unspecified atom stereocenters. The minimum Gasteiger partial charge on any atom is -0.0584 e. The summed E-state index contributed by atoms with van der Waals surface area (Å²) in [7, 11) is 0. The highest BCUT2D eigenvalue weighted by Gasteiger charge is 2.02. The van der Waals surface area contributed by atoms with Gasteiger partial charge >= 0.3 is 0 Å². The average molecular weight is 212 g/mol. The second kappa shape index (κ2) is 3.40. The standard InChI is InChI=1S/C10H12Br/c1-7(2)10-6-9(11)5-4-8(10)3/h4-7H,1H2,2-3H3. The van der Waals surface area contributed by atoms with Crippen LogP contribution >= 0.6 is 15.9 Å². The van der Waals surface area contributed by atoms with Crippen LogP contribution in [0.25, 0.3) is 0 Å². The molecule has 0 aromatic heterocycles. The summed E-state index contributed by atoms with van der Waals surface area (Å²) in [5, 5.41) is 0. The summed E-state index contributed by atoms with van der Waals surface area (Å²) in [4.78, 5) is 0. The molecule has 1 aromatic carbocycles. The van der Waals surface area contributed by atoms with Gasteiger partial charge in [-0.15, -0.1) is 0 Å². The fourth-order valence-corrected chi connectivity index (χ4v) is 1.52. The molecule has 0 amide bonds. The predicted molar refractivity (Wildman–Crippen MR) is 52.7 cm³/mol. The summed E-state index contributed by atoms with van der Waals surface area (Å²) in [6.45, 7) is 8.21. The van der Waals surface area contributed by atoms with Gasteiger partial charge in [0.25, 0.3) is 0 Å². The van der Waals surface area contributed by atoms with Crippen molar-refractivity contribution < 1.29 is 0 Å². The number of halogens is 1. The van der Waals surface area contributed by atoms with Gasteiger partial charge in [-0.25, -0.2) is 0 Å². The highest BCUT2D eigenvalue weighted by atomic mass is 79.9. The molecule has 0 bridgehead atoms. The van der Waals surface area contributed by atoms with Gasteiger partial charge in [0.2, 0.25) is 0 Å². The van der Waals surface area contributed by atoms with Crippen LogP contribution in [-0.2, 0) is 0 Å². The molecule has 1 aromatic rings. The summed E-state index contributed by atoms with van der Waals surface area (Å²) in [6.07, 6.45) is 0. The Morgan fingerprint density at radius 1 is 1.45 bits per heavy atom. The van der Waals surface area contributed by atoms with E-state index in [4.69, 9.17) is 0 Å². The van der Waals surface area contributed by atoms with Crippen molar-refractivity contribution in [3.63, 3.8) is 0 Å². The Morgan fingerprint density at radius 2 is 2.09 bits per heavy atom. The smallest absolute Gasteiger partial charge is 0.0178 e. The quantitative estimate of drug-likeness (QED) is 0.665. The third-order valence-corrected chi connectivity index (χ3v) is 2.27. The lowest BCUT2D eigenvalue weighted by molar-refractivity contribution is 0.947. The summed E-state index contributed by atoms with van der Waals surface area (Å²) in [5.74, 6) is 0.368. The first-order valence-electron chi connectivity index (χ1n) is 3.70. The van der Waals surface area contributed by atoms with Crippen LogP contribution in [0.15, 0.2) is 22.7 Å². The van der Waals surface area contributed by atoms with Gasteiger partial charge in [0, 0.05) is 4.47 Å². The second-order valence-electron chi connectivity index (χ2n) is 2.90. The normalized spacial score (nSPS) is 10.6. The topological polar surface area (TPSA) is 0 Å². The first-order valence-corrected chi connectivity index (χ1v) is 4.49. The average Bonchev–Trinajstić information content (AvgIpc) is 1.94. The molecule has 0 N–H and O–H groups in total. The Kier molecular flexibility index (Phi) is 2.72. The van der Waals surface area contributed by atoms with Gasteiger partial charge in [0.05, 0.1) is 0 Å². The number of aryl methyl sites for hydroxylation is 1. The maximum atomic E-state index is 3.99. The van der Waals surface area contributed by atoms with E-state index in [0.29, 0.717) is 5.92 Å². The fourth-order valence-electron chi connectivity index (χ4n) is 1.14. The number of hydrogen-bond acceptors (Lipinski definition) is 0. The molecule has 1 atom stereocenters. The summed E-state index contributed by atoms with van der Waals surface area (Å²) < 4.78 is 1.13. The van der Waals surface area contributed by atoms with E-state index in [2.05, 4.69) is 54.9 Å². The van der Waals surface area contributed by atoms with Crippen LogP contribution in [0.1, 0.15) is 24.0 Å². The van der Waals surface area contributed by atoms with Crippen LogP contribution < -0.4 is 0 Å². The van der Waals surface area contributed by atoms with Gasteiger partial charge in [-0.2, -0.15) is 0 Å². The first kappa shape index (κ1) is 8.79. The van der Waals surface area contributed by atoms with Crippen molar-refractivity contribution in [2.45, 2.75) is 19.8 Å². The summed E-state index contributed by atoms with van der Waals surface area (Å²) in [5.41, 5.74) is 2.63. The molecule has 0 spiro atoms. The van der Waals surface area contributed by atoms with Crippen molar-refractivity contribution in [3.05, 3.63) is 40.7 Å². The van der Waals surface area contributed by atoms with Crippen molar-refractivity contribution in [3.8, 4) is 0 Å². The van der Waals surface area contributed by atoms with E-state index in [1.807, 2.05) is 0 Å². The zero-order valence-electron chi connectivity index (χ0n) is 6.89. The van der Waals surface area contributed by atoms with Gasteiger partial charge in [0.15, 0.2) is 0 Å². The Bertz CT molecular complexity index is 251. The molecule has 0 saturated carbocycles. The Morgan fingerprint density at radius 3 is 2.55 bits per heavy atom. The van der Waals surface area contributed by atoms with Crippen LogP contribution in [0.3, 0.4) is 0 Å². The summed E-state index contributed by atoms with van der Waals surface area (Å²) >= 11 is 3.44. The van der Waals surface area contributed by atoms with Gasteiger partial charge in [-0.05, 0) is 43.0 Å². The lowest BCUT2D eigenvalue weighted by atomic mass is 9.98. The number of rotatable bonds is 1. The van der Waals surface area contributed by atoms with Crippen molar-refractivity contribution in [1.82, 2.24) is 0 Å². The lowest BCUT2D eigenvalue weighted by Crippen LogP contribution is -1.91. The Hall–Kier alpha value is -0.300. The maximum absolute atomic E-state index is 3.99. The molecule has 0 aliphatic heterocycles. The first-order chi connectivity index (χ1) is 5.11. The molecule has 1 radical (unpaired) electrons. The molecular formula is C10H12Br. The van der Waals surface area contributed by atoms with E-state index in [1.54, 1.807) is 0 Å². The van der Waals surface area contributed by atoms with Crippen LogP contribution in [0.4, 0.5) is 0 Å². The SMILES string of the molecule is [CH2]C(C)c1cc(Br)ccc1C. The zero-order chi connectivity index (χ0) is 8.43. The van der Waals surface area contributed by atoms with Crippen LogP contribution in [0.5, 0.6) is 0 Å². The Labute approximate surface area is 76.8 Å². The monoisotopic (exact) mass is 211 g/mol. The van der Waals surface area contributed by atoms with Gasteiger partial charge in [-0.1, -0.05) is 28.9 Å². The molecule has 0 nitrogen and oxygen atoms in total. The van der Waals surface area contributed by atoms with Crippen molar-refractivity contribution >= 4 is 15.9 Å². The van der Waals surface area contributed by atoms with E-state index in [-0.39, 0.29) is 0 Å². The molecule has 0 aliphatic carbocycles. The van der Waals surface area contributed by atoms with Crippen molar-refractivity contribution in [2.24, 2.45) is 0 Å². The minimum atomic E-state index is 0.368. The predicted octanol–water partition coefficient (Wildman–Crippen LogP) is 3.70. The molecule has 0 heterocycles. The molecule has 11 heavy (non-hydrogen) atoms. The van der Waals surface area contributed by atoms with E-state index in [0.717, 1.165) is 4.47 Å². The minimum absolute atomic E-state index is 0.368. The van der Waals surface area contributed by atoms with E-state index in [9.17, 15) is 0 Å². The number of hydrogen-bond donors (Lipinski definition) is 0. The van der Waals surface area contributed by atoms with Gasteiger partial charge < -0.3 is 0 Å². The molecule has 0 fully saturated rings. The second-order valence-corrected chi connectivity index (χ2v) is 3.82. The van der Waals surface area contributed by atoms with Crippen molar-refractivity contribution in [1.29, 1.82) is 0 Å². The molecule has 1 heteroatoms. The molecule has 0 saturated heterocycles. The third-order valence-electron chi connectivity index (χ3n) is 1.77. The highest BCUT2D eigenvalue weighted by molar-refractivity contribution is 9.10. The highest BCUT2D eigenvalue weighted by Crippen LogP contribution is 2.22. The molecular weight excluding hydrogens is 200 g/mol. The molecule has 59 valence electrons. The van der Waals surface area contributed by atoms with Crippen LogP contribution in [0, 0.1) is 13.8 Å². The van der Waals surface area contributed by atoms with E-state index < -0.39 is 0 Å². The van der Waals surface area contributed by atoms with Crippen LogP contribution in [-0.4, -0.2) is 0 Å². The zero-order valence-corrected chi connectivity index (χ0v) is 8.48. The van der Waals surface area contributed by atoms with E-state index in [1.165, 1.54) is 11.1 Å². The van der Waals surface area contributed by atoms with Gasteiger partial charge in [-0.3, -0.25) is 0 Å². The fraction of sp³-hybridized carbons (Fsp3) is 0.300. The summed E-state index contributed by atoms with van der Waals surface area (Å²) in [6, 6.07) is 6.30. The largest absolute Gasteiger partial charge is 0.0584 e. The molecule has 1 rings (SSSR count).